The Morgan fingerprint density at radius 2 is 1.05 bits per heavy atom. The molecule has 1 aliphatic rings. The monoisotopic (exact) mass is 675 g/mol. The van der Waals surface area contributed by atoms with E-state index in [0.717, 1.165) is 19.8 Å². The maximum absolute atomic E-state index is 14.0. The molecule has 0 saturated heterocycles. The highest BCUT2D eigenvalue weighted by Crippen LogP contribution is 2.33. The van der Waals surface area contributed by atoms with Crippen molar-refractivity contribution in [2.45, 2.75) is 71.3 Å². The van der Waals surface area contributed by atoms with Crippen LogP contribution in [0.2, 0.25) is 0 Å². The lowest BCUT2D eigenvalue weighted by molar-refractivity contribution is 0.341. The first-order valence-corrected chi connectivity index (χ1v) is 19.3. The fraction of sp³-hybridized carbons (Fsp3) is 0.345. The molecule has 4 bridgehead atoms. The molecule has 43 heavy (non-hydrogen) atoms. The number of thioether (sulfide) groups is 2. The van der Waals surface area contributed by atoms with Gasteiger partial charge in [0.2, 0.25) is 20.0 Å². The summed E-state index contributed by atoms with van der Waals surface area (Å²) in [6.45, 7) is 7.64. The molecule has 3 heterocycles. The number of pyridine rings is 1. The van der Waals surface area contributed by atoms with Gasteiger partial charge in [-0.3, -0.25) is 4.98 Å². The van der Waals surface area contributed by atoms with Crippen LogP contribution in [-0.4, -0.2) is 64.2 Å². The van der Waals surface area contributed by atoms with Crippen molar-refractivity contribution in [3.05, 3.63) is 89.2 Å². The summed E-state index contributed by atoms with van der Waals surface area (Å²) in [6, 6.07) is 18.2. The fourth-order valence-corrected chi connectivity index (χ4v) is 11.1. The normalized spacial score (nSPS) is 19.7. The summed E-state index contributed by atoms with van der Waals surface area (Å²) in [4.78, 5) is 5.19. The van der Waals surface area contributed by atoms with Gasteiger partial charge in [-0.1, -0.05) is 76.3 Å². The molecule has 4 aromatic rings. The third-order valence-corrected chi connectivity index (χ3v) is 14.6. The summed E-state index contributed by atoms with van der Waals surface area (Å²) in [5, 5.41) is 8.61. The summed E-state index contributed by atoms with van der Waals surface area (Å²) in [5.41, 5.74) is 3.00. The van der Waals surface area contributed by atoms with E-state index in [0.29, 0.717) is 22.9 Å². The van der Waals surface area contributed by atoms with E-state index in [9.17, 15) is 16.8 Å². The molecule has 0 amide bonds. The van der Waals surface area contributed by atoms with E-state index in [1.54, 1.807) is 66.7 Å². The van der Waals surface area contributed by atoms with Gasteiger partial charge in [0, 0.05) is 23.6 Å². The third kappa shape index (κ3) is 7.49. The second-order valence-corrected chi connectivity index (χ2v) is 17.8. The van der Waals surface area contributed by atoms with Crippen LogP contribution in [0, 0.1) is 13.8 Å². The standard InChI is InChI=1S/C29H33N5O4S5/c1-20-8-12-26(13-9-20)42(35,36)33-16-24-6-5-7-25(30-24)17-34(43(37,38)27-14-10-21(2)11-15-27)23(4)19-40-29-32-31-28(41-29)39-18-22(33)3/h5-15,22-23H,16-19H2,1-4H3/t22-,23-/m0/s1. The van der Waals surface area contributed by atoms with Crippen LogP contribution in [0.25, 0.3) is 0 Å². The lowest BCUT2D eigenvalue weighted by Gasteiger charge is -2.29. The number of sulfonamides is 2. The van der Waals surface area contributed by atoms with E-state index in [1.807, 2.05) is 27.7 Å². The van der Waals surface area contributed by atoms with Crippen molar-refractivity contribution in [1.82, 2.24) is 23.8 Å². The largest absolute Gasteiger partial charge is 0.255 e. The smallest absolute Gasteiger partial charge is 0.243 e. The van der Waals surface area contributed by atoms with Gasteiger partial charge in [-0.05, 0) is 64.1 Å². The average Bonchev–Trinajstić information content (AvgIpc) is 3.44. The van der Waals surface area contributed by atoms with Gasteiger partial charge in [0.05, 0.1) is 34.3 Å². The van der Waals surface area contributed by atoms with Crippen LogP contribution < -0.4 is 0 Å². The van der Waals surface area contributed by atoms with Crippen LogP contribution in [0.1, 0.15) is 36.4 Å². The summed E-state index contributed by atoms with van der Waals surface area (Å²) in [5.74, 6) is 0.951. The average molecular weight is 676 g/mol. The Hall–Kier alpha value is -2.33. The van der Waals surface area contributed by atoms with Crippen LogP contribution in [-0.2, 0) is 33.1 Å². The maximum Gasteiger partial charge on any atom is 0.243 e. The minimum Gasteiger partial charge on any atom is -0.255 e. The highest BCUT2D eigenvalue weighted by atomic mass is 32.2. The van der Waals surface area contributed by atoms with E-state index < -0.39 is 32.1 Å². The number of benzene rings is 2. The van der Waals surface area contributed by atoms with Crippen LogP contribution >= 0.6 is 34.9 Å². The fourth-order valence-electron chi connectivity index (χ4n) is 4.54. The van der Waals surface area contributed by atoms with Gasteiger partial charge < -0.3 is 0 Å². The molecule has 14 heteroatoms. The highest BCUT2D eigenvalue weighted by Gasteiger charge is 2.32. The number of aromatic nitrogens is 3. The van der Waals surface area contributed by atoms with Crippen LogP contribution in [0.5, 0.6) is 0 Å². The number of hydrogen-bond donors (Lipinski definition) is 0. The predicted octanol–water partition coefficient (Wildman–Crippen LogP) is 5.61. The first kappa shape index (κ1) is 32.1. The maximum atomic E-state index is 14.0. The van der Waals surface area contributed by atoms with Gasteiger partial charge in [0.25, 0.3) is 0 Å². The summed E-state index contributed by atoms with van der Waals surface area (Å²) in [6.07, 6.45) is 0. The zero-order chi connectivity index (χ0) is 30.8. The zero-order valence-corrected chi connectivity index (χ0v) is 28.3. The van der Waals surface area contributed by atoms with Gasteiger partial charge in [-0.15, -0.1) is 10.2 Å². The van der Waals surface area contributed by atoms with Crippen molar-refractivity contribution in [2.75, 3.05) is 11.5 Å². The molecule has 0 saturated carbocycles. The molecule has 1 aliphatic heterocycles. The molecule has 0 fully saturated rings. The molecule has 0 spiro atoms. The first-order chi connectivity index (χ1) is 20.4. The summed E-state index contributed by atoms with van der Waals surface area (Å²) < 4.78 is 60.2. The second-order valence-electron chi connectivity index (χ2n) is 10.5. The van der Waals surface area contributed by atoms with E-state index >= 15 is 0 Å². The Balaban J connectivity index is 1.55. The lowest BCUT2D eigenvalue weighted by atomic mass is 10.2. The van der Waals surface area contributed by atoms with Crippen LogP contribution in [0.3, 0.4) is 0 Å². The van der Waals surface area contributed by atoms with Crippen molar-refractivity contribution < 1.29 is 16.8 Å². The van der Waals surface area contributed by atoms with Gasteiger partial charge >= 0.3 is 0 Å². The molecular weight excluding hydrogens is 643 g/mol. The molecule has 0 radical (unpaired) electrons. The van der Waals surface area contributed by atoms with Crippen LogP contribution in [0.4, 0.5) is 0 Å². The van der Waals surface area contributed by atoms with Gasteiger partial charge in [0.15, 0.2) is 8.68 Å². The highest BCUT2D eigenvalue weighted by molar-refractivity contribution is 8.03. The quantitative estimate of drug-likeness (QED) is 0.273. The Morgan fingerprint density at radius 1 is 0.651 bits per heavy atom. The molecule has 5 rings (SSSR count). The topological polar surface area (TPSA) is 113 Å². The van der Waals surface area contributed by atoms with Crippen molar-refractivity contribution in [3.63, 3.8) is 0 Å². The molecule has 228 valence electrons. The number of fused-ring (bicyclic) bond motifs is 4. The van der Waals surface area contributed by atoms with Crippen molar-refractivity contribution in [1.29, 1.82) is 0 Å². The SMILES string of the molecule is Cc1ccc(S(=O)(=O)N2Cc3cccc(n3)CN(S(=O)(=O)c3ccc(C)cc3)[C@@H](C)CSc3nnc(s3)SC[C@@H]2C)cc1. The number of hydrogen-bond acceptors (Lipinski definition) is 10. The summed E-state index contributed by atoms with van der Waals surface area (Å²) in [7, 11) is -7.76. The van der Waals surface area contributed by atoms with Gasteiger partial charge in [-0.25, -0.2) is 16.8 Å². The molecule has 9 nitrogen and oxygen atoms in total. The second kappa shape index (κ2) is 13.3. The Kier molecular flexibility index (Phi) is 9.96. The van der Waals surface area contributed by atoms with E-state index in [4.69, 9.17) is 4.98 Å². The van der Waals surface area contributed by atoms with Crippen molar-refractivity contribution >= 4 is 54.9 Å². The molecule has 2 atom stereocenters. The minimum absolute atomic E-state index is 0.0310. The molecule has 0 N–H and O–H groups in total. The first-order valence-electron chi connectivity index (χ1n) is 13.6. The van der Waals surface area contributed by atoms with Crippen LogP contribution in [0.15, 0.2) is 85.2 Å². The molecule has 0 aliphatic carbocycles. The third-order valence-electron chi connectivity index (χ3n) is 7.02. The molecule has 2 aromatic carbocycles. The predicted molar refractivity (Wildman–Crippen MR) is 172 cm³/mol. The van der Waals surface area contributed by atoms with Gasteiger partial charge in [0.1, 0.15) is 0 Å². The Morgan fingerprint density at radius 3 is 1.44 bits per heavy atom. The molecular formula is C29H33N5O4S5. The van der Waals surface area contributed by atoms with E-state index in [-0.39, 0.29) is 22.9 Å². The lowest BCUT2D eigenvalue weighted by Crippen LogP contribution is -2.40. The van der Waals surface area contributed by atoms with E-state index in [1.165, 1.54) is 43.5 Å². The number of rotatable bonds is 4. The Bertz CT molecular complexity index is 1650. The number of nitrogens with zero attached hydrogens (tertiary/aromatic N) is 5. The van der Waals surface area contributed by atoms with Crippen molar-refractivity contribution in [2.24, 2.45) is 0 Å². The van der Waals surface area contributed by atoms with Crippen molar-refractivity contribution in [3.8, 4) is 0 Å². The zero-order valence-electron chi connectivity index (χ0n) is 24.2. The minimum atomic E-state index is -3.88. The van der Waals surface area contributed by atoms with Gasteiger partial charge in [-0.2, -0.15) is 8.61 Å². The molecule has 2 aromatic heterocycles. The number of aryl methyl sites for hydroxylation is 2. The Labute approximate surface area is 266 Å². The molecule has 0 unspecified atom stereocenters. The van der Waals surface area contributed by atoms with E-state index in [2.05, 4.69) is 10.2 Å². The summed E-state index contributed by atoms with van der Waals surface area (Å²) >= 11 is 4.34.